The average Bonchev–Trinajstić information content (AvgIpc) is 3.41. The van der Waals surface area contributed by atoms with Crippen LogP contribution in [-0.2, 0) is 6.54 Å². The Morgan fingerprint density at radius 2 is 1.87 bits per heavy atom. The number of rotatable bonds is 5. The third-order valence-corrected chi connectivity index (χ3v) is 6.11. The van der Waals surface area contributed by atoms with Crippen LogP contribution in [0.5, 0.6) is 0 Å². The zero-order valence-corrected chi connectivity index (χ0v) is 16.9. The van der Waals surface area contributed by atoms with Crippen molar-refractivity contribution in [2.24, 2.45) is 0 Å². The topological polar surface area (TPSA) is 92.7 Å². The Labute approximate surface area is 176 Å². The SMILES string of the molecule is O=[N+]([O-])c1cnc2ccc(N3CCN(Cc4csc(-c5ccccc5)n4)CC3)nn12. The van der Waals surface area contributed by atoms with Crippen molar-refractivity contribution in [3.05, 3.63) is 69.8 Å². The fourth-order valence-corrected chi connectivity index (χ4v) is 4.42. The van der Waals surface area contributed by atoms with E-state index >= 15 is 0 Å². The van der Waals surface area contributed by atoms with Crippen LogP contribution in [-0.4, -0.2) is 55.6 Å². The van der Waals surface area contributed by atoms with E-state index in [9.17, 15) is 10.1 Å². The van der Waals surface area contributed by atoms with Gasteiger partial charge in [0, 0.05) is 49.7 Å². The van der Waals surface area contributed by atoms with Gasteiger partial charge in [0.1, 0.15) is 11.2 Å². The van der Waals surface area contributed by atoms with Gasteiger partial charge in [-0.3, -0.25) is 4.90 Å². The highest BCUT2D eigenvalue weighted by Gasteiger charge is 2.22. The summed E-state index contributed by atoms with van der Waals surface area (Å²) >= 11 is 1.67. The molecular formula is C20H19N7O2S. The molecule has 1 aromatic carbocycles. The molecule has 9 nitrogen and oxygen atoms in total. The summed E-state index contributed by atoms with van der Waals surface area (Å²) in [4.78, 5) is 24.0. The molecule has 1 saturated heterocycles. The van der Waals surface area contributed by atoms with Crippen molar-refractivity contribution in [1.29, 1.82) is 0 Å². The minimum atomic E-state index is -0.466. The van der Waals surface area contributed by atoms with E-state index in [-0.39, 0.29) is 5.82 Å². The number of anilines is 1. The van der Waals surface area contributed by atoms with Crippen LogP contribution in [0.15, 0.2) is 54.0 Å². The second-order valence-electron chi connectivity index (χ2n) is 7.11. The molecule has 4 heterocycles. The zero-order chi connectivity index (χ0) is 20.5. The number of hydrogen-bond acceptors (Lipinski definition) is 8. The molecule has 0 radical (unpaired) electrons. The summed E-state index contributed by atoms with van der Waals surface area (Å²) in [6.07, 6.45) is 1.24. The van der Waals surface area contributed by atoms with E-state index < -0.39 is 4.92 Å². The highest BCUT2D eigenvalue weighted by atomic mass is 32.1. The largest absolute Gasteiger partial charge is 0.368 e. The van der Waals surface area contributed by atoms with E-state index in [0.29, 0.717) is 5.65 Å². The monoisotopic (exact) mass is 421 g/mol. The molecular weight excluding hydrogens is 402 g/mol. The predicted molar refractivity (Wildman–Crippen MR) is 115 cm³/mol. The average molecular weight is 421 g/mol. The maximum atomic E-state index is 11.2. The standard InChI is InChI=1S/C20H19N7O2S/c28-27(29)19-12-21-17-6-7-18(23-26(17)19)25-10-8-24(9-11-25)13-16-14-30-20(22-16)15-4-2-1-3-5-15/h1-7,12,14H,8-11,13H2. The fraction of sp³-hybridized carbons (Fsp3) is 0.250. The lowest BCUT2D eigenvalue weighted by atomic mass is 10.2. The number of nitrogens with zero attached hydrogens (tertiary/aromatic N) is 7. The lowest BCUT2D eigenvalue weighted by molar-refractivity contribution is -0.391. The summed E-state index contributed by atoms with van der Waals surface area (Å²) in [7, 11) is 0. The molecule has 5 rings (SSSR count). The number of nitro groups is 1. The Hall–Kier alpha value is -3.37. The van der Waals surface area contributed by atoms with Gasteiger partial charge in [0.05, 0.1) is 5.69 Å². The number of hydrogen-bond donors (Lipinski definition) is 0. The molecule has 1 aliphatic rings. The van der Waals surface area contributed by atoms with E-state index in [0.717, 1.165) is 54.8 Å². The number of aromatic nitrogens is 4. The van der Waals surface area contributed by atoms with Crippen LogP contribution in [0.1, 0.15) is 5.69 Å². The highest BCUT2D eigenvalue weighted by Crippen LogP contribution is 2.24. The number of fused-ring (bicyclic) bond motifs is 1. The Morgan fingerprint density at radius 1 is 1.07 bits per heavy atom. The molecule has 0 unspecified atom stereocenters. The number of benzene rings is 1. The molecule has 0 spiro atoms. The highest BCUT2D eigenvalue weighted by molar-refractivity contribution is 7.13. The van der Waals surface area contributed by atoms with Crippen molar-refractivity contribution in [2.75, 3.05) is 31.1 Å². The molecule has 0 saturated carbocycles. The van der Waals surface area contributed by atoms with E-state index in [4.69, 9.17) is 4.98 Å². The first-order valence-electron chi connectivity index (χ1n) is 9.64. The van der Waals surface area contributed by atoms with Gasteiger partial charge in [-0.15, -0.1) is 11.3 Å². The Bertz CT molecular complexity index is 1180. The second kappa shape index (κ2) is 7.81. The molecule has 1 fully saturated rings. The molecule has 30 heavy (non-hydrogen) atoms. The third-order valence-electron chi connectivity index (χ3n) is 5.17. The maximum Gasteiger partial charge on any atom is 0.368 e. The normalized spacial score (nSPS) is 15.0. The number of piperazine rings is 1. The first kappa shape index (κ1) is 18.6. The van der Waals surface area contributed by atoms with Gasteiger partial charge >= 0.3 is 5.82 Å². The minimum absolute atomic E-state index is 0.122. The first-order valence-corrected chi connectivity index (χ1v) is 10.5. The Kier molecular flexibility index (Phi) is 4.85. The summed E-state index contributed by atoms with van der Waals surface area (Å²) in [5.74, 6) is 0.603. The molecule has 4 aromatic rings. The van der Waals surface area contributed by atoms with Crippen molar-refractivity contribution in [3.63, 3.8) is 0 Å². The number of imidazole rings is 1. The molecule has 152 valence electrons. The molecule has 0 amide bonds. The van der Waals surface area contributed by atoms with Crippen LogP contribution >= 0.6 is 11.3 Å². The quantitative estimate of drug-likeness (QED) is 0.361. The van der Waals surface area contributed by atoms with Gasteiger partial charge in [-0.05, 0) is 11.0 Å². The fourth-order valence-electron chi connectivity index (χ4n) is 3.60. The van der Waals surface area contributed by atoms with Gasteiger partial charge in [0.25, 0.3) is 0 Å². The third kappa shape index (κ3) is 3.62. The van der Waals surface area contributed by atoms with Crippen molar-refractivity contribution >= 4 is 28.6 Å². The smallest absolute Gasteiger partial charge is 0.358 e. The summed E-state index contributed by atoms with van der Waals surface area (Å²) in [5.41, 5.74) is 2.70. The lowest BCUT2D eigenvalue weighted by Crippen LogP contribution is -2.46. The molecule has 10 heteroatoms. The van der Waals surface area contributed by atoms with E-state index in [1.165, 1.54) is 10.7 Å². The van der Waals surface area contributed by atoms with Crippen molar-refractivity contribution in [1.82, 2.24) is 24.5 Å². The second-order valence-corrected chi connectivity index (χ2v) is 7.97. The van der Waals surface area contributed by atoms with Crippen LogP contribution in [0.25, 0.3) is 16.2 Å². The minimum Gasteiger partial charge on any atom is -0.358 e. The van der Waals surface area contributed by atoms with Gasteiger partial charge in [-0.25, -0.2) is 9.97 Å². The van der Waals surface area contributed by atoms with Gasteiger partial charge in [0.2, 0.25) is 5.65 Å². The first-order chi connectivity index (χ1) is 14.7. The summed E-state index contributed by atoms with van der Waals surface area (Å²) in [6, 6.07) is 13.9. The molecule has 0 bridgehead atoms. The lowest BCUT2D eigenvalue weighted by Gasteiger charge is -2.34. The van der Waals surface area contributed by atoms with Gasteiger partial charge in [-0.2, -0.15) is 0 Å². The van der Waals surface area contributed by atoms with E-state index in [2.05, 4.69) is 37.4 Å². The van der Waals surface area contributed by atoms with E-state index in [1.807, 2.05) is 24.3 Å². The van der Waals surface area contributed by atoms with Crippen molar-refractivity contribution in [3.8, 4) is 10.6 Å². The summed E-state index contributed by atoms with van der Waals surface area (Å²) in [5, 5.41) is 18.8. The molecule has 3 aromatic heterocycles. The van der Waals surface area contributed by atoms with Crippen molar-refractivity contribution in [2.45, 2.75) is 6.54 Å². The Balaban J connectivity index is 1.24. The maximum absolute atomic E-state index is 11.2. The van der Waals surface area contributed by atoms with Gasteiger partial charge in [-0.1, -0.05) is 39.9 Å². The molecule has 0 aliphatic carbocycles. The zero-order valence-electron chi connectivity index (χ0n) is 16.1. The molecule has 1 aliphatic heterocycles. The van der Waals surface area contributed by atoms with Crippen LogP contribution in [0.4, 0.5) is 11.6 Å². The van der Waals surface area contributed by atoms with Crippen molar-refractivity contribution < 1.29 is 4.92 Å². The molecule has 0 N–H and O–H groups in total. The van der Waals surface area contributed by atoms with Gasteiger partial charge in [0.15, 0.2) is 5.82 Å². The predicted octanol–water partition coefficient (Wildman–Crippen LogP) is 3.08. The summed E-state index contributed by atoms with van der Waals surface area (Å²) < 4.78 is 1.29. The summed E-state index contributed by atoms with van der Waals surface area (Å²) in [6.45, 7) is 4.18. The van der Waals surface area contributed by atoms with Crippen LogP contribution < -0.4 is 4.90 Å². The van der Waals surface area contributed by atoms with Crippen LogP contribution in [0, 0.1) is 10.1 Å². The Morgan fingerprint density at radius 3 is 2.63 bits per heavy atom. The van der Waals surface area contributed by atoms with Crippen LogP contribution in [0.2, 0.25) is 0 Å². The van der Waals surface area contributed by atoms with E-state index in [1.54, 1.807) is 17.4 Å². The van der Waals surface area contributed by atoms with Gasteiger partial charge < -0.3 is 15.0 Å². The molecule has 0 atom stereocenters. The number of thiazole rings is 1. The van der Waals surface area contributed by atoms with Crippen LogP contribution in [0.3, 0.4) is 0 Å².